The highest BCUT2D eigenvalue weighted by Gasteiger charge is 2.19. The lowest BCUT2D eigenvalue weighted by Crippen LogP contribution is -2.38. The Labute approximate surface area is 102 Å². The molecule has 2 heterocycles. The molecule has 0 radical (unpaired) electrons. The molecule has 0 aromatic carbocycles. The van der Waals surface area contributed by atoms with Gasteiger partial charge in [0.25, 0.3) is 5.91 Å². The summed E-state index contributed by atoms with van der Waals surface area (Å²) in [6, 6.07) is 0.805. The molecule has 0 aliphatic heterocycles. The second-order valence-corrected chi connectivity index (χ2v) is 3.93. The Morgan fingerprint density at radius 2 is 2.22 bits per heavy atom. The molecule has 0 aliphatic rings. The molecule has 0 saturated carbocycles. The van der Waals surface area contributed by atoms with Crippen LogP contribution in [0.25, 0.3) is 5.65 Å². The monoisotopic (exact) mass is 248 g/mol. The summed E-state index contributed by atoms with van der Waals surface area (Å²) < 4.78 is 1.47. The molecule has 1 atom stereocenters. The Morgan fingerprint density at radius 3 is 2.89 bits per heavy atom. The number of aromatic nitrogens is 3. The van der Waals surface area contributed by atoms with Crippen molar-refractivity contribution in [1.82, 2.24) is 19.9 Å². The van der Waals surface area contributed by atoms with Crippen LogP contribution in [0.4, 0.5) is 0 Å². The lowest BCUT2D eigenvalue weighted by atomic mass is 10.2. The van der Waals surface area contributed by atoms with Gasteiger partial charge in [-0.15, -0.1) is 0 Å². The number of amides is 1. The minimum atomic E-state index is -1.09. The first kappa shape index (κ1) is 12.0. The highest BCUT2D eigenvalue weighted by Crippen LogP contribution is 2.08. The third kappa shape index (κ3) is 2.15. The van der Waals surface area contributed by atoms with Gasteiger partial charge in [0.05, 0.1) is 6.20 Å². The van der Waals surface area contributed by atoms with Gasteiger partial charge >= 0.3 is 5.97 Å². The van der Waals surface area contributed by atoms with E-state index >= 15 is 0 Å². The number of rotatable bonds is 3. The van der Waals surface area contributed by atoms with Crippen molar-refractivity contribution >= 4 is 17.5 Å². The van der Waals surface area contributed by atoms with E-state index in [1.165, 1.54) is 17.6 Å². The van der Waals surface area contributed by atoms with Gasteiger partial charge in [-0.05, 0) is 19.9 Å². The maximum absolute atomic E-state index is 11.9. The number of aliphatic carboxylic acids is 1. The van der Waals surface area contributed by atoms with Crippen LogP contribution >= 0.6 is 0 Å². The topological polar surface area (TPSA) is 96.6 Å². The molecule has 0 bridgehead atoms. The van der Waals surface area contributed by atoms with Crippen molar-refractivity contribution in [3.05, 3.63) is 29.7 Å². The van der Waals surface area contributed by atoms with Gasteiger partial charge < -0.3 is 10.4 Å². The number of carboxylic acid groups (broad SMARTS) is 1. The first-order valence-electron chi connectivity index (χ1n) is 5.33. The van der Waals surface area contributed by atoms with Crippen molar-refractivity contribution in [3.8, 4) is 0 Å². The predicted molar refractivity (Wildman–Crippen MR) is 62.3 cm³/mol. The first-order valence-corrected chi connectivity index (χ1v) is 5.33. The Bertz CT molecular complexity index is 620. The third-order valence-corrected chi connectivity index (χ3v) is 2.47. The highest BCUT2D eigenvalue weighted by molar-refractivity contribution is 6.01. The summed E-state index contributed by atoms with van der Waals surface area (Å²) in [5.41, 5.74) is 1.42. The van der Waals surface area contributed by atoms with Crippen LogP contribution in [0.15, 0.2) is 18.5 Å². The number of hydrogen-bond acceptors (Lipinski definition) is 4. The summed E-state index contributed by atoms with van der Waals surface area (Å²) in [6.07, 6.45) is 3.06. The van der Waals surface area contributed by atoms with Crippen LogP contribution in [0.2, 0.25) is 0 Å². The lowest BCUT2D eigenvalue weighted by Gasteiger charge is -2.07. The van der Waals surface area contributed by atoms with E-state index < -0.39 is 17.9 Å². The summed E-state index contributed by atoms with van der Waals surface area (Å²) in [7, 11) is 0. The molecule has 2 aromatic heterocycles. The van der Waals surface area contributed by atoms with E-state index in [0.717, 1.165) is 5.69 Å². The molecule has 7 heteroatoms. The van der Waals surface area contributed by atoms with Crippen molar-refractivity contribution in [2.24, 2.45) is 0 Å². The van der Waals surface area contributed by atoms with E-state index in [9.17, 15) is 9.59 Å². The van der Waals surface area contributed by atoms with Gasteiger partial charge in [-0.1, -0.05) is 0 Å². The number of hydrogen-bond donors (Lipinski definition) is 2. The standard InChI is InChI=1S/C11H12N4O3/c1-6-3-4-15-9(13-6)8(5-12-15)10(16)14-7(2)11(17)18/h3-5,7H,1-2H3,(H,14,16)(H,17,18). The van der Waals surface area contributed by atoms with Gasteiger partial charge in [0.2, 0.25) is 0 Å². The largest absolute Gasteiger partial charge is 0.480 e. The van der Waals surface area contributed by atoms with E-state index in [1.54, 1.807) is 19.2 Å². The van der Waals surface area contributed by atoms with Crippen LogP contribution in [0.5, 0.6) is 0 Å². The maximum Gasteiger partial charge on any atom is 0.325 e. The normalized spacial score (nSPS) is 12.3. The van der Waals surface area contributed by atoms with Crippen LogP contribution in [0.3, 0.4) is 0 Å². The molecule has 0 spiro atoms. The number of nitrogens with zero attached hydrogens (tertiary/aromatic N) is 3. The summed E-state index contributed by atoms with van der Waals surface area (Å²) in [6.45, 7) is 3.19. The smallest absolute Gasteiger partial charge is 0.325 e. The Morgan fingerprint density at radius 1 is 1.50 bits per heavy atom. The van der Waals surface area contributed by atoms with Crippen molar-refractivity contribution < 1.29 is 14.7 Å². The van der Waals surface area contributed by atoms with Crippen molar-refractivity contribution in [2.45, 2.75) is 19.9 Å². The average molecular weight is 248 g/mol. The molecule has 2 rings (SSSR count). The number of carboxylic acids is 1. The number of carbonyl (C=O) groups excluding carboxylic acids is 1. The van der Waals surface area contributed by atoms with E-state index in [2.05, 4.69) is 15.4 Å². The van der Waals surface area contributed by atoms with Crippen molar-refractivity contribution in [3.63, 3.8) is 0 Å². The van der Waals surface area contributed by atoms with E-state index in [1.807, 2.05) is 0 Å². The molecular formula is C11H12N4O3. The molecular weight excluding hydrogens is 236 g/mol. The van der Waals surface area contributed by atoms with E-state index in [4.69, 9.17) is 5.11 Å². The second kappa shape index (κ2) is 4.44. The fourth-order valence-electron chi connectivity index (χ4n) is 1.46. The zero-order chi connectivity index (χ0) is 13.3. The molecule has 7 nitrogen and oxygen atoms in total. The molecule has 94 valence electrons. The van der Waals surface area contributed by atoms with E-state index in [-0.39, 0.29) is 5.56 Å². The van der Waals surface area contributed by atoms with Gasteiger partial charge in [0.15, 0.2) is 5.65 Å². The van der Waals surface area contributed by atoms with Crippen LogP contribution < -0.4 is 5.32 Å². The van der Waals surface area contributed by atoms with Crippen LogP contribution in [0.1, 0.15) is 23.0 Å². The summed E-state index contributed by atoms with van der Waals surface area (Å²) in [4.78, 5) is 26.8. The van der Waals surface area contributed by atoms with Gasteiger partial charge in [-0.25, -0.2) is 9.50 Å². The molecule has 1 unspecified atom stereocenters. The minimum absolute atomic E-state index is 0.256. The molecule has 0 fully saturated rings. The molecule has 18 heavy (non-hydrogen) atoms. The van der Waals surface area contributed by atoms with Gasteiger partial charge in [0.1, 0.15) is 11.6 Å². The number of carbonyl (C=O) groups is 2. The maximum atomic E-state index is 11.9. The number of fused-ring (bicyclic) bond motifs is 1. The van der Waals surface area contributed by atoms with Crippen LogP contribution in [-0.4, -0.2) is 37.6 Å². The molecule has 2 N–H and O–H groups in total. The fourth-order valence-corrected chi connectivity index (χ4v) is 1.46. The van der Waals surface area contributed by atoms with Crippen molar-refractivity contribution in [1.29, 1.82) is 0 Å². The average Bonchev–Trinajstić information content (AvgIpc) is 2.71. The van der Waals surface area contributed by atoms with Gasteiger partial charge in [-0.3, -0.25) is 9.59 Å². The summed E-state index contributed by atoms with van der Waals surface area (Å²) in [5.74, 6) is -1.60. The van der Waals surface area contributed by atoms with Gasteiger partial charge in [-0.2, -0.15) is 5.10 Å². The third-order valence-electron chi connectivity index (χ3n) is 2.47. The second-order valence-electron chi connectivity index (χ2n) is 3.93. The molecule has 2 aromatic rings. The number of aryl methyl sites for hydroxylation is 1. The summed E-state index contributed by atoms with van der Waals surface area (Å²) >= 11 is 0. The van der Waals surface area contributed by atoms with Crippen LogP contribution in [0, 0.1) is 6.92 Å². The van der Waals surface area contributed by atoms with Gasteiger partial charge in [0, 0.05) is 11.9 Å². The number of nitrogens with one attached hydrogen (secondary N) is 1. The van der Waals surface area contributed by atoms with Crippen molar-refractivity contribution in [2.75, 3.05) is 0 Å². The first-order chi connectivity index (χ1) is 8.49. The Balaban J connectivity index is 2.33. The molecule has 0 aliphatic carbocycles. The quantitative estimate of drug-likeness (QED) is 0.811. The Kier molecular flexibility index (Phi) is 2.97. The zero-order valence-corrected chi connectivity index (χ0v) is 9.91. The summed E-state index contributed by atoms with van der Waals surface area (Å²) in [5, 5.41) is 15.1. The minimum Gasteiger partial charge on any atom is -0.480 e. The van der Waals surface area contributed by atoms with Crippen LogP contribution in [-0.2, 0) is 4.79 Å². The van der Waals surface area contributed by atoms with E-state index in [0.29, 0.717) is 5.65 Å². The highest BCUT2D eigenvalue weighted by atomic mass is 16.4. The fraction of sp³-hybridized carbons (Fsp3) is 0.273. The predicted octanol–water partition coefficient (Wildman–Crippen LogP) is 0.241. The Hall–Kier alpha value is -2.44. The lowest BCUT2D eigenvalue weighted by molar-refractivity contribution is -0.138. The molecule has 1 amide bonds. The molecule has 0 saturated heterocycles. The zero-order valence-electron chi connectivity index (χ0n) is 9.91. The SMILES string of the molecule is Cc1ccn2ncc(C(=O)NC(C)C(=O)O)c2n1.